The normalized spacial score (nSPS) is 14.5. The number of carbonyl (C=O) groups is 2. The van der Waals surface area contributed by atoms with Crippen LogP contribution in [-0.4, -0.2) is 35.0 Å². The zero-order valence-electron chi connectivity index (χ0n) is 8.74. The van der Waals surface area contributed by atoms with Crippen LogP contribution in [0.15, 0.2) is 0 Å². The number of aliphatic carboxylic acids is 1. The van der Waals surface area contributed by atoms with Crippen molar-refractivity contribution in [2.75, 3.05) is 12.0 Å². The molecule has 0 radical (unpaired) electrons. The Kier molecular flexibility index (Phi) is 6.36. The standard InChI is InChI=1S/C9H17NO3S/c1-4-6(2)8(9(12)13)10-7(11)5-14-3/h6,8H,4-5H2,1-3H3,(H,10,11)(H,12,13)/t6?,8-/m0/s1. The van der Waals surface area contributed by atoms with Gasteiger partial charge in [-0.3, -0.25) is 4.79 Å². The van der Waals surface area contributed by atoms with E-state index in [0.717, 1.165) is 6.42 Å². The molecule has 0 saturated carbocycles. The second-order valence-corrected chi connectivity index (χ2v) is 4.07. The lowest BCUT2D eigenvalue weighted by molar-refractivity contribution is -0.143. The fourth-order valence-electron chi connectivity index (χ4n) is 1.03. The fraction of sp³-hybridized carbons (Fsp3) is 0.778. The molecule has 0 rings (SSSR count). The number of carbonyl (C=O) groups excluding carboxylic acids is 1. The van der Waals surface area contributed by atoms with Gasteiger partial charge in [0.15, 0.2) is 0 Å². The first kappa shape index (κ1) is 13.3. The third-order valence-corrected chi connectivity index (χ3v) is 2.62. The van der Waals surface area contributed by atoms with Gasteiger partial charge in [0.25, 0.3) is 0 Å². The monoisotopic (exact) mass is 219 g/mol. The maximum Gasteiger partial charge on any atom is 0.326 e. The minimum atomic E-state index is -0.964. The Morgan fingerprint density at radius 3 is 2.43 bits per heavy atom. The SMILES string of the molecule is CCC(C)[C@H](NC(=O)CSC)C(=O)O. The lowest BCUT2D eigenvalue weighted by atomic mass is 9.99. The summed E-state index contributed by atoms with van der Waals surface area (Å²) in [7, 11) is 0. The summed E-state index contributed by atoms with van der Waals surface area (Å²) in [6, 6.07) is -0.764. The zero-order chi connectivity index (χ0) is 11.1. The maximum atomic E-state index is 11.2. The van der Waals surface area contributed by atoms with Crippen molar-refractivity contribution in [2.24, 2.45) is 5.92 Å². The number of amides is 1. The molecule has 82 valence electrons. The minimum absolute atomic E-state index is 0.0432. The molecule has 2 atom stereocenters. The molecule has 0 saturated heterocycles. The van der Waals surface area contributed by atoms with E-state index in [2.05, 4.69) is 5.32 Å². The highest BCUT2D eigenvalue weighted by atomic mass is 32.2. The van der Waals surface area contributed by atoms with E-state index in [4.69, 9.17) is 5.11 Å². The van der Waals surface area contributed by atoms with Crippen LogP contribution >= 0.6 is 11.8 Å². The van der Waals surface area contributed by atoms with E-state index in [1.807, 2.05) is 13.8 Å². The smallest absolute Gasteiger partial charge is 0.326 e. The Morgan fingerprint density at radius 2 is 2.07 bits per heavy atom. The first-order chi connectivity index (χ1) is 6.52. The van der Waals surface area contributed by atoms with Crippen LogP contribution in [0.25, 0.3) is 0 Å². The molecule has 1 unspecified atom stereocenters. The molecular formula is C9H17NO3S. The Hall–Kier alpha value is -0.710. The molecule has 5 heteroatoms. The molecule has 0 aromatic heterocycles. The van der Waals surface area contributed by atoms with Crippen LogP contribution in [0, 0.1) is 5.92 Å². The first-order valence-corrected chi connectivity index (χ1v) is 5.93. The van der Waals surface area contributed by atoms with E-state index in [9.17, 15) is 9.59 Å². The number of nitrogens with one attached hydrogen (secondary N) is 1. The Labute approximate surface area is 88.4 Å². The van der Waals surface area contributed by atoms with Crippen molar-refractivity contribution in [1.29, 1.82) is 0 Å². The van der Waals surface area contributed by atoms with E-state index in [1.165, 1.54) is 11.8 Å². The van der Waals surface area contributed by atoms with Gasteiger partial charge in [0.1, 0.15) is 6.04 Å². The summed E-state index contributed by atoms with van der Waals surface area (Å²) in [6.07, 6.45) is 2.54. The van der Waals surface area contributed by atoms with Crippen LogP contribution in [0.4, 0.5) is 0 Å². The number of hydrogen-bond donors (Lipinski definition) is 2. The number of rotatable bonds is 6. The molecule has 1 amide bonds. The van der Waals surface area contributed by atoms with Crippen molar-refractivity contribution in [2.45, 2.75) is 26.3 Å². The molecule has 0 aromatic rings. The maximum absolute atomic E-state index is 11.2. The summed E-state index contributed by atoms with van der Waals surface area (Å²) in [5, 5.41) is 11.4. The predicted molar refractivity (Wildman–Crippen MR) is 57.4 cm³/mol. The van der Waals surface area contributed by atoms with Crippen molar-refractivity contribution in [3.63, 3.8) is 0 Å². The van der Waals surface area contributed by atoms with Gasteiger partial charge in [0, 0.05) is 0 Å². The van der Waals surface area contributed by atoms with Gasteiger partial charge in [-0.1, -0.05) is 20.3 Å². The molecule has 0 heterocycles. The Bertz CT molecular complexity index is 208. The Morgan fingerprint density at radius 1 is 1.50 bits per heavy atom. The molecule has 0 fully saturated rings. The number of hydrogen-bond acceptors (Lipinski definition) is 3. The summed E-state index contributed by atoms with van der Waals surface area (Å²) in [5.41, 5.74) is 0. The zero-order valence-corrected chi connectivity index (χ0v) is 9.56. The van der Waals surface area contributed by atoms with Gasteiger partial charge in [-0.2, -0.15) is 11.8 Å². The average molecular weight is 219 g/mol. The lowest BCUT2D eigenvalue weighted by Crippen LogP contribution is -2.45. The summed E-state index contributed by atoms with van der Waals surface area (Å²) in [5.74, 6) is -0.919. The highest BCUT2D eigenvalue weighted by Crippen LogP contribution is 2.08. The lowest BCUT2D eigenvalue weighted by Gasteiger charge is -2.19. The van der Waals surface area contributed by atoms with E-state index in [-0.39, 0.29) is 11.8 Å². The average Bonchev–Trinajstić information content (AvgIpc) is 2.13. The van der Waals surface area contributed by atoms with Crippen molar-refractivity contribution in [1.82, 2.24) is 5.32 Å². The third-order valence-electron chi connectivity index (χ3n) is 2.07. The van der Waals surface area contributed by atoms with Crippen molar-refractivity contribution in [3.05, 3.63) is 0 Å². The first-order valence-electron chi connectivity index (χ1n) is 4.54. The van der Waals surface area contributed by atoms with Crippen LogP contribution in [0.5, 0.6) is 0 Å². The molecule has 2 N–H and O–H groups in total. The molecule has 0 aliphatic heterocycles. The number of thioether (sulfide) groups is 1. The number of carboxylic acid groups (broad SMARTS) is 1. The summed E-state index contributed by atoms with van der Waals surface area (Å²) in [4.78, 5) is 22.0. The largest absolute Gasteiger partial charge is 0.480 e. The summed E-state index contributed by atoms with van der Waals surface area (Å²) >= 11 is 1.38. The van der Waals surface area contributed by atoms with Crippen molar-refractivity contribution in [3.8, 4) is 0 Å². The second-order valence-electron chi connectivity index (χ2n) is 3.20. The van der Waals surface area contributed by atoms with Gasteiger partial charge in [0.05, 0.1) is 5.75 Å². The number of carboxylic acids is 1. The quantitative estimate of drug-likeness (QED) is 0.698. The van der Waals surface area contributed by atoms with E-state index < -0.39 is 12.0 Å². The van der Waals surface area contributed by atoms with Gasteiger partial charge in [-0.15, -0.1) is 0 Å². The molecular weight excluding hydrogens is 202 g/mol. The molecule has 0 bridgehead atoms. The van der Waals surface area contributed by atoms with Gasteiger partial charge in [-0.05, 0) is 12.2 Å². The van der Waals surface area contributed by atoms with E-state index in [1.54, 1.807) is 6.26 Å². The highest BCUT2D eigenvalue weighted by Gasteiger charge is 2.24. The Balaban J connectivity index is 4.23. The van der Waals surface area contributed by atoms with Crippen LogP contribution in [0.3, 0.4) is 0 Å². The highest BCUT2D eigenvalue weighted by molar-refractivity contribution is 7.99. The third kappa shape index (κ3) is 4.50. The second kappa shape index (κ2) is 6.70. The molecule has 4 nitrogen and oxygen atoms in total. The van der Waals surface area contributed by atoms with Crippen LogP contribution in [-0.2, 0) is 9.59 Å². The molecule has 0 aliphatic rings. The van der Waals surface area contributed by atoms with E-state index >= 15 is 0 Å². The molecule has 0 aromatic carbocycles. The van der Waals surface area contributed by atoms with Crippen molar-refractivity contribution >= 4 is 23.6 Å². The van der Waals surface area contributed by atoms with Gasteiger partial charge < -0.3 is 10.4 Å². The van der Waals surface area contributed by atoms with Crippen LogP contribution < -0.4 is 5.32 Å². The van der Waals surface area contributed by atoms with Gasteiger partial charge >= 0.3 is 5.97 Å². The van der Waals surface area contributed by atoms with Gasteiger partial charge in [-0.25, -0.2) is 4.79 Å². The van der Waals surface area contributed by atoms with Crippen molar-refractivity contribution < 1.29 is 14.7 Å². The minimum Gasteiger partial charge on any atom is -0.480 e. The molecule has 0 aliphatic carbocycles. The van der Waals surface area contributed by atoms with E-state index in [0.29, 0.717) is 5.75 Å². The summed E-state index contributed by atoms with van der Waals surface area (Å²) in [6.45, 7) is 3.72. The van der Waals surface area contributed by atoms with Gasteiger partial charge in [0.2, 0.25) is 5.91 Å². The summed E-state index contributed by atoms with van der Waals surface area (Å²) < 4.78 is 0. The predicted octanol–water partition coefficient (Wildman–Crippen LogP) is 0.965. The molecule has 14 heavy (non-hydrogen) atoms. The topological polar surface area (TPSA) is 66.4 Å². The fourth-order valence-corrected chi connectivity index (χ4v) is 1.37. The van der Waals surface area contributed by atoms with Crippen LogP contribution in [0.2, 0.25) is 0 Å². The molecule has 0 spiro atoms. The van der Waals surface area contributed by atoms with Crippen LogP contribution in [0.1, 0.15) is 20.3 Å².